The monoisotopic (exact) mass is 381 g/mol. The first-order valence-electron chi connectivity index (χ1n) is 8.27. The van der Waals surface area contributed by atoms with Gasteiger partial charge in [0.05, 0.1) is 19.8 Å². The quantitative estimate of drug-likeness (QED) is 0.638. The van der Waals surface area contributed by atoms with Crippen molar-refractivity contribution >= 4 is 29.2 Å². The molecule has 0 saturated carbocycles. The van der Waals surface area contributed by atoms with Gasteiger partial charge in [0, 0.05) is 24.5 Å². The van der Waals surface area contributed by atoms with E-state index >= 15 is 0 Å². The van der Waals surface area contributed by atoms with E-state index in [2.05, 4.69) is 20.3 Å². The number of nitrogens with one attached hydrogen (secondary N) is 1. The first-order valence-corrected chi connectivity index (χ1v) is 8.27. The second-order valence-electron chi connectivity index (χ2n) is 5.71. The van der Waals surface area contributed by atoms with E-state index in [1.807, 2.05) is 6.07 Å². The Morgan fingerprint density at radius 2 is 1.75 bits per heavy atom. The zero-order valence-electron chi connectivity index (χ0n) is 15.6. The van der Waals surface area contributed by atoms with Crippen LogP contribution >= 0.6 is 0 Å². The standard InChI is InChI=1S/C19H19N5O4/c1-24(14-7-4-12(5-8-14)17(25)26)19-21-11-20-18(23-19)22-13-6-9-15(27-2)16(10-13)28-3/h4-11H,1-3H3,(H,25,26)(H,20,21,22,23). The molecule has 0 spiro atoms. The van der Waals surface area contributed by atoms with Gasteiger partial charge in [0.1, 0.15) is 6.33 Å². The van der Waals surface area contributed by atoms with Gasteiger partial charge in [0.15, 0.2) is 11.5 Å². The second-order valence-corrected chi connectivity index (χ2v) is 5.71. The molecule has 0 saturated heterocycles. The summed E-state index contributed by atoms with van der Waals surface area (Å²) >= 11 is 0. The maximum Gasteiger partial charge on any atom is 0.335 e. The smallest absolute Gasteiger partial charge is 0.335 e. The van der Waals surface area contributed by atoms with Crippen LogP contribution in [0.5, 0.6) is 11.5 Å². The topological polar surface area (TPSA) is 110 Å². The van der Waals surface area contributed by atoms with E-state index in [0.717, 1.165) is 11.4 Å². The molecule has 144 valence electrons. The van der Waals surface area contributed by atoms with Crippen LogP contribution in [0.3, 0.4) is 0 Å². The minimum atomic E-state index is -0.976. The summed E-state index contributed by atoms with van der Waals surface area (Å²) in [5.74, 6) is 0.981. The summed E-state index contributed by atoms with van der Waals surface area (Å²) in [5, 5.41) is 12.1. The molecule has 0 unspecified atom stereocenters. The van der Waals surface area contributed by atoms with E-state index in [9.17, 15) is 4.79 Å². The van der Waals surface area contributed by atoms with Gasteiger partial charge in [0.25, 0.3) is 0 Å². The summed E-state index contributed by atoms with van der Waals surface area (Å²) in [6, 6.07) is 11.8. The lowest BCUT2D eigenvalue weighted by atomic mass is 10.2. The lowest BCUT2D eigenvalue weighted by Crippen LogP contribution is -2.14. The molecular formula is C19H19N5O4. The largest absolute Gasteiger partial charge is 0.493 e. The Bertz CT molecular complexity index is 978. The minimum absolute atomic E-state index is 0.212. The Kier molecular flexibility index (Phi) is 5.54. The second kappa shape index (κ2) is 8.21. The molecule has 0 bridgehead atoms. The van der Waals surface area contributed by atoms with E-state index in [1.165, 1.54) is 18.5 Å². The molecule has 0 aliphatic rings. The van der Waals surface area contributed by atoms with Crippen molar-refractivity contribution in [3.63, 3.8) is 0 Å². The number of carboxylic acid groups (broad SMARTS) is 1. The summed E-state index contributed by atoms with van der Waals surface area (Å²) in [7, 11) is 4.92. The molecule has 0 atom stereocenters. The predicted octanol–water partition coefficient (Wildman–Crippen LogP) is 3.10. The van der Waals surface area contributed by atoms with Crippen LogP contribution in [0.25, 0.3) is 0 Å². The van der Waals surface area contributed by atoms with Crippen molar-refractivity contribution in [2.24, 2.45) is 0 Å². The van der Waals surface area contributed by atoms with Crippen molar-refractivity contribution in [2.75, 3.05) is 31.5 Å². The van der Waals surface area contributed by atoms with Gasteiger partial charge in [-0.1, -0.05) is 0 Å². The number of aromatic carboxylic acids is 1. The molecule has 0 radical (unpaired) electrons. The zero-order chi connectivity index (χ0) is 20.1. The fourth-order valence-corrected chi connectivity index (χ4v) is 2.50. The number of hydrogen-bond donors (Lipinski definition) is 2. The van der Waals surface area contributed by atoms with Gasteiger partial charge in [0.2, 0.25) is 11.9 Å². The van der Waals surface area contributed by atoms with Gasteiger partial charge >= 0.3 is 5.97 Å². The Morgan fingerprint density at radius 1 is 1.04 bits per heavy atom. The molecule has 0 amide bonds. The molecule has 1 heterocycles. The molecule has 3 rings (SSSR count). The Hall–Kier alpha value is -3.88. The van der Waals surface area contributed by atoms with Gasteiger partial charge in [-0.2, -0.15) is 4.98 Å². The number of aromatic nitrogens is 3. The highest BCUT2D eigenvalue weighted by molar-refractivity contribution is 5.88. The highest BCUT2D eigenvalue weighted by Gasteiger charge is 2.11. The summed E-state index contributed by atoms with van der Waals surface area (Å²) in [6.07, 6.45) is 1.40. The lowest BCUT2D eigenvalue weighted by Gasteiger charge is -2.17. The molecule has 3 aromatic rings. The van der Waals surface area contributed by atoms with Crippen molar-refractivity contribution in [1.82, 2.24) is 15.0 Å². The average molecular weight is 381 g/mol. The minimum Gasteiger partial charge on any atom is -0.493 e. The fourth-order valence-electron chi connectivity index (χ4n) is 2.50. The van der Waals surface area contributed by atoms with Crippen LogP contribution in [0.1, 0.15) is 10.4 Å². The summed E-state index contributed by atoms with van der Waals surface area (Å²) in [6.45, 7) is 0. The number of rotatable bonds is 7. The van der Waals surface area contributed by atoms with Crippen LogP contribution in [0.2, 0.25) is 0 Å². The zero-order valence-corrected chi connectivity index (χ0v) is 15.6. The van der Waals surface area contributed by atoms with Gasteiger partial charge in [-0.15, -0.1) is 0 Å². The Balaban J connectivity index is 1.81. The van der Waals surface area contributed by atoms with Crippen molar-refractivity contribution in [1.29, 1.82) is 0 Å². The van der Waals surface area contributed by atoms with Crippen LogP contribution in [0.4, 0.5) is 23.3 Å². The first-order chi connectivity index (χ1) is 13.5. The van der Waals surface area contributed by atoms with Gasteiger partial charge in [-0.25, -0.2) is 14.8 Å². The third kappa shape index (κ3) is 4.09. The molecule has 1 aromatic heterocycles. The molecule has 2 N–H and O–H groups in total. The van der Waals surface area contributed by atoms with Gasteiger partial charge < -0.3 is 24.8 Å². The Labute approximate surface area is 161 Å². The molecule has 0 fully saturated rings. The molecule has 2 aromatic carbocycles. The number of hydrogen-bond acceptors (Lipinski definition) is 8. The van der Waals surface area contributed by atoms with E-state index < -0.39 is 5.97 Å². The summed E-state index contributed by atoms with van der Waals surface area (Å²) < 4.78 is 10.5. The Morgan fingerprint density at radius 3 is 2.39 bits per heavy atom. The molecule has 9 nitrogen and oxygen atoms in total. The molecule has 9 heteroatoms. The van der Waals surface area contributed by atoms with Gasteiger partial charge in [-0.05, 0) is 36.4 Å². The fraction of sp³-hybridized carbons (Fsp3) is 0.158. The van der Waals surface area contributed by atoms with E-state index in [1.54, 1.807) is 50.4 Å². The number of carboxylic acids is 1. The normalized spacial score (nSPS) is 10.2. The van der Waals surface area contributed by atoms with E-state index in [0.29, 0.717) is 23.4 Å². The van der Waals surface area contributed by atoms with Crippen molar-refractivity contribution < 1.29 is 19.4 Å². The maximum absolute atomic E-state index is 11.0. The summed E-state index contributed by atoms with van der Waals surface area (Å²) in [5.41, 5.74) is 1.68. The van der Waals surface area contributed by atoms with Crippen LogP contribution < -0.4 is 19.7 Å². The molecule has 0 aliphatic carbocycles. The summed E-state index contributed by atoms with van der Waals surface area (Å²) in [4.78, 5) is 25.4. The van der Waals surface area contributed by atoms with Crippen LogP contribution in [-0.2, 0) is 0 Å². The predicted molar refractivity (Wildman–Crippen MR) is 104 cm³/mol. The highest BCUT2D eigenvalue weighted by Crippen LogP contribution is 2.30. The SMILES string of the molecule is COc1ccc(Nc2ncnc(N(C)c3ccc(C(=O)O)cc3)n2)cc1OC. The number of ether oxygens (including phenoxy) is 2. The number of methoxy groups -OCH3 is 2. The average Bonchev–Trinajstić information content (AvgIpc) is 2.73. The van der Waals surface area contributed by atoms with Crippen molar-refractivity contribution in [2.45, 2.75) is 0 Å². The van der Waals surface area contributed by atoms with Crippen LogP contribution in [0.15, 0.2) is 48.8 Å². The van der Waals surface area contributed by atoms with Crippen LogP contribution in [-0.4, -0.2) is 47.3 Å². The number of carbonyl (C=O) groups is 1. The lowest BCUT2D eigenvalue weighted by molar-refractivity contribution is 0.0697. The van der Waals surface area contributed by atoms with Crippen LogP contribution in [0, 0.1) is 0 Å². The molecule has 0 aliphatic heterocycles. The van der Waals surface area contributed by atoms with Crippen molar-refractivity contribution in [3.8, 4) is 11.5 Å². The molecule has 28 heavy (non-hydrogen) atoms. The first kappa shape index (κ1) is 18.9. The number of anilines is 4. The van der Waals surface area contributed by atoms with E-state index in [-0.39, 0.29) is 5.56 Å². The highest BCUT2D eigenvalue weighted by atomic mass is 16.5. The number of nitrogens with zero attached hydrogens (tertiary/aromatic N) is 4. The molecular weight excluding hydrogens is 362 g/mol. The van der Waals surface area contributed by atoms with Gasteiger partial charge in [-0.3, -0.25) is 0 Å². The van der Waals surface area contributed by atoms with Crippen molar-refractivity contribution in [3.05, 3.63) is 54.4 Å². The maximum atomic E-state index is 11.0. The number of benzene rings is 2. The third-order valence-electron chi connectivity index (χ3n) is 4.00. The van der Waals surface area contributed by atoms with E-state index in [4.69, 9.17) is 14.6 Å². The third-order valence-corrected chi connectivity index (χ3v) is 4.00.